The van der Waals surface area contributed by atoms with E-state index in [2.05, 4.69) is 16.2 Å². The van der Waals surface area contributed by atoms with E-state index in [4.69, 9.17) is 4.42 Å². The van der Waals surface area contributed by atoms with Gasteiger partial charge in [-0.3, -0.25) is 14.4 Å². The van der Waals surface area contributed by atoms with Gasteiger partial charge in [-0.05, 0) is 19.1 Å². The molecule has 6 nitrogen and oxygen atoms in total. The average Bonchev–Trinajstić information content (AvgIpc) is 3.10. The molecule has 1 fully saturated rings. The van der Waals surface area contributed by atoms with Crippen LogP contribution in [-0.2, 0) is 13.6 Å². The van der Waals surface area contributed by atoms with Gasteiger partial charge >= 0.3 is 0 Å². The van der Waals surface area contributed by atoms with Crippen molar-refractivity contribution in [3.05, 3.63) is 41.6 Å². The number of aryl methyl sites for hydroxylation is 2. The lowest BCUT2D eigenvalue weighted by Crippen LogP contribution is -2.48. The Morgan fingerprint density at radius 2 is 2.10 bits per heavy atom. The second-order valence-corrected chi connectivity index (χ2v) is 5.46. The molecule has 0 aliphatic carbocycles. The van der Waals surface area contributed by atoms with E-state index in [-0.39, 0.29) is 5.91 Å². The molecule has 0 spiro atoms. The van der Waals surface area contributed by atoms with E-state index in [0.717, 1.165) is 38.4 Å². The molecule has 0 N–H and O–H groups in total. The number of carbonyl (C=O) groups is 1. The van der Waals surface area contributed by atoms with E-state index in [1.807, 2.05) is 23.6 Å². The van der Waals surface area contributed by atoms with E-state index in [9.17, 15) is 4.79 Å². The molecule has 112 valence electrons. The first-order chi connectivity index (χ1) is 10.1. The third kappa shape index (κ3) is 3.00. The molecule has 2 aromatic heterocycles. The molecule has 1 aliphatic heterocycles. The molecule has 1 amide bonds. The fraction of sp³-hybridized carbons (Fsp3) is 0.467. The Hall–Kier alpha value is -2.08. The van der Waals surface area contributed by atoms with E-state index in [1.165, 1.54) is 11.8 Å². The second-order valence-electron chi connectivity index (χ2n) is 5.46. The predicted octanol–water partition coefficient (Wildman–Crippen LogP) is 1.28. The third-order valence-corrected chi connectivity index (χ3v) is 3.90. The van der Waals surface area contributed by atoms with Crippen LogP contribution in [0.4, 0.5) is 0 Å². The van der Waals surface area contributed by atoms with Gasteiger partial charge in [0, 0.05) is 51.5 Å². The molecule has 1 saturated heterocycles. The van der Waals surface area contributed by atoms with Crippen LogP contribution in [0.3, 0.4) is 0 Å². The van der Waals surface area contributed by atoms with Crippen molar-refractivity contribution in [3.8, 4) is 0 Å². The molecule has 0 radical (unpaired) electrons. The van der Waals surface area contributed by atoms with Crippen LogP contribution in [0, 0.1) is 6.92 Å². The average molecular weight is 288 g/mol. The Kier molecular flexibility index (Phi) is 3.79. The number of furan rings is 1. The van der Waals surface area contributed by atoms with Gasteiger partial charge in [-0.2, -0.15) is 5.10 Å². The molecule has 0 atom stereocenters. The van der Waals surface area contributed by atoms with Crippen molar-refractivity contribution < 1.29 is 9.21 Å². The fourth-order valence-corrected chi connectivity index (χ4v) is 2.71. The highest BCUT2D eigenvalue weighted by Gasteiger charge is 2.24. The number of hydrogen-bond donors (Lipinski definition) is 0. The first kappa shape index (κ1) is 13.9. The molecule has 3 heterocycles. The van der Waals surface area contributed by atoms with Crippen LogP contribution >= 0.6 is 0 Å². The van der Waals surface area contributed by atoms with Crippen LogP contribution in [0.25, 0.3) is 0 Å². The lowest BCUT2D eigenvalue weighted by Gasteiger charge is -2.34. The Balaban J connectivity index is 1.56. The summed E-state index contributed by atoms with van der Waals surface area (Å²) in [5.41, 5.74) is 2.33. The highest BCUT2D eigenvalue weighted by molar-refractivity contribution is 5.91. The van der Waals surface area contributed by atoms with Gasteiger partial charge in [0.15, 0.2) is 5.76 Å². The lowest BCUT2D eigenvalue weighted by atomic mass is 10.2. The number of rotatable bonds is 3. The summed E-state index contributed by atoms with van der Waals surface area (Å²) in [4.78, 5) is 16.4. The van der Waals surface area contributed by atoms with Crippen molar-refractivity contribution in [1.29, 1.82) is 0 Å². The quantitative estimate of drug-likeness (QED) is 0.854. The monoisotopic (exact) mass is 288 g/mol. The van der Waals surface area contributed by atoms with Crippen LogP contribution < -0.4 is 0 Å². The van der Waals surface area contributed by atoms with Crippen LogP contribution in [0.2, 0.25) is 0 Å². The summed E-state index contributed by atoms with van der Waals surface area (Å²) in [5, 5.41) is 4.37. The van der Waals surface area contributed by atoms with Crippen LogP contribution in [0.15, 0.2) is 29.0 Å². The van der Waals surface area contributed by atoms with Crippen molar-refractivity contribution in [2.24, 2.45) is 7.05 Å². The largest absolute Gasteiger partial charge is 0.459 e. The van der Waals surface area contributed by atoms with Crippen molar-refractivity contribution in [2.75, 3.05) is 26.2 Å². The van der Waals surface area contributed by atoms with Gasteiger partial charge in [-0.15, -0.1) is 0 Å². The fourth-order valence-electron chi connectivity index (χ4n) is 2.71. The molecule has 21 heavy (non-hydrogen) atoms. The molecule has 0 unspecified atom stereocenters. The van der Waals surface area contributed by atoms with Crippen molar-refractivity contribution >= 4 is 5.91 Å². The van der Waals surface area contributed by atoms with Crippen LogP contribution in [0.5, 0.6) is 0 Å². The van der Waals surface area contributed by atoms with Gasteiger partial charge in [0.05, 0.1) is 12.0 Å². The number of nitrogens with zero attached hydrogens (tertiary/aromatic N) is 4. The topological polar surface area (TPSA) is 54.5 Å². The van der Waals surface area contributed by atoms with E-state index in [1.54, 1.807) is 12.1 Å². The maximum Gasteiger partial charge on any atom is 0.289 e. The molecule has 1 aliphatic rings. The number of aromatic nitrogens is 2. The smallest absolute Gasteiger partial charge is 0.289 e. The lowest BCUT2D eigenvalue weighted by molar-refractivity contribution is 0.0597. The van der Waals surface area contributed by atoms with Crippen molar-refractivity contribution in [3.63, 3.8) is 0 Å². The predicted molar refractivity (Wildman–Crippen MR) is 77.8 cm³/mol. The summed E-state index contributed by atoms with van der Waals surface area (Å²) < 4.78 is 7.02. The molecular weight excluding hydrogens is 268 g/mol. The number of hydrogen-bond acceptors (Lipinski definition) is 4. The third-order valence-electron chi connectivity index (χ3n) is 3.90. The van der Waals surface area contributed by atoms with Gasteiger partial charge < -0.3 is 9.32 Å². The Labute approximate surface area is 123 Å². The Bertz CT molecular complexity index is 610. The molecule has 0 bridgehead atoms. The van der Waals surface area contributed by atoms with E-state index < -0.39 is 0 Å². The Morgan fingerprint density at radius 3 is 2.67 bits per heavy atom. The second kappa shape index (κ2) is 5.73. The van der Waals surface area contributed by atoms with Gasteiger partial charge in [0.1, 0.15) is 0 Å². The first-order valence-electron chi connectivity index (χ1n) is 7.18. The summed E-state index contributed by atoms with van der Waals surface area (Å²) >= 11 is 0. The van der Waals surface area contributed by atoms with Crippen molar-refractivity contribution in [2.45, 2.75) is 13.5 Å². The zero-order valence-corrected chi connectivity index (χ0v) is 12.5. The van der Waals surface area contributed by atoms with E-state index >= 15 is 0 Å². The minimum Gasteiger partial charge on any atom is -0.459 e. The molecule has 0 aromatic carbocycles. The number of amides is 1. The van der Waals surface area contributed by atoms with Crippen LogP contribution in [0.1, 0.15) is 21.8 Å². The minimum absolute atomic E-state index is 0.0165. The van der Waals surface area contributed by atoms with Gasteiger partial charge in [0.2, 0.25) is 0 Å². The summed E-state index contributed by atoms with van der Waals surface area (Å²) in [5.74, 6) is 0.406. The van der Waals surface area contributed by atoms with Gasteiger partial charge in [0.25, 0.3) is 5.91 Å². The number of carbonyl (C=O) groups excluding carboxylic acids is 1. The van der Waals surface area contributed by atoms with Crippen LogP contribution in [-0.4, -0.2) is 51.7 Å². The molecule has 3 rings (SSSR count). The zero-order chi connectivity index (χ0) is 14.8. The van der Waals surface area contributed by atoms with Crippen molar-refractivity contribution in [1.82, 2.24) is 19.6 Å². The summed E-state index contributed by atoms with van der Waals surface area (Å²) in [6.07, 6.45) is 3.60. The van der Waals surface area contributed by atoms with Gasteiger partial charge in [-0.25, -0.2) is 0 Å². The minimum atomic E-state index is -0.0165. The highest BCUT2D eigenvalue weighted by atomic mass is 16.3. The Morgan fingerprint density at radius 1 is 1.33 bits per heavy atom. The number of piperazine rings is 1. The van der Waals surface area contributed by atoms with E-state index in [0.29, 0.717) is 5.76 Å². The standard InChI is InChI=1S/C15H20N4O2/c1-12-13(10-17(2)16-12)11-18-5-7-19(8-6-18)15(20)14-4-3-9-21-14/h3-4,9-10H,5-8,11H2,1-2H3. The maximum atomic E-state index is 12.2. The maximum absolute atomic E-state index is 12.2. The molecule has 0 saturated carbocycles. The first-order valence-corrected chi connectivity index (χ1v) is 7.18. The molecular formula is C15H20N4O2. The molecule has 6 heteroatoms. The zero-order valence-electron chi connectivity index (χ0n) is 12.5. The summed E-state index contributed by atoms with van der Waals surface area (Å²) in [6.45, 7) is 6.15. The van der Waals surface area contributed by atoms with Gasteiger partial charge in [-0.1, -0.05) is 0 Å². The SMILES string of the molecule is Cc1nn(C)cc1CN1CCN(C(=O)c2ccco2)CC1. The summed E-state index contributed by atoms with van der Waals surface area (Å²) in [7, 11) is 1.94. The highest BCUT2D eigenvalue weighted by Crippen LogP contribution is 2.13. The summed E-state index contributed by atoms with van der Waals surface area (Å²) in [6, 6.07) is 3.46. The normalized spacial score (nSPS) is 16.4. The molecule has 2 aromatic rings.